The van der Waals surface area contributed by atoms with E-state index in [0.717, 1.165) is 0 Å². The van der Waals surface area contributed by atoms with Crippen LogP contribution in [0.3, 0.4) is 0 Å². The first kappa shape index (κ1) is 18.4. The summed E-state index contributed by atoms with van der Waals surface area (Å²) in [5.74, 6) is 0.362. The summed E-state index contributed by atoms with van der Waals surface area (Å²) >= 11 is 1.40. The summed E-state index contributed by atoms with van der Waals surface area (Å²) in [5, 5.41) is 1.18. The van der Waals surface area contributed by atoms with Crippen LogP contribution in [0.25, 0.3) is 10.9 Å². The molecule has 2 aromatic carbocycles. The Balaban J connectivity index is 1.75. The van der Waals surface area contributed by atoms with E-state index in [9.17, 15) is 9.18 Å². The van der Waals surface area contributed by atoms with Crippen LogP contribution in [-0.2, 0) is 11.3 Å². The zero-order valence-electron chi connectivity index (χ0n) is 14.4. The first-order valence-corrected chi connectivity index (χ1v) is 9.18. The molecular formula is C19H19FN2O3S. The summed E-state index contributed by atoms with van der Waals surface area (Å²) in [6, 6.07) is 13.5. The molecule has 0 spiro atoms. The Morgan fingerprint density at radius 1 is 1.12 bits per heavy atom. The molecule has 136 valence electrons. The quantitative estimate of drug-likeness (QED) is 0.344. The van der Waals surface area contributed by atoms with Crippen molar-refractivity contribution in [1.82, 2.24) is 9.55 Å². The van der Waals surface area contributed by atoms with Gasteiger partial charge in [0.1, 0.15) is 0 Å². The fourth-order valence-electron chi connectivity index (χ4n) is 2.48. The molecule has 7 heteroatoms. The molecule has 1 aromatic heterocycles. The lowest BCUT2D eigenvalue weighted by Gasteiger charge is -2.13. The highest BCUT2D eigenvalue weighted by molar-refractivity contribution is 7.99. The lowest BCUT2D eigenvalue weighted by atomic mass is 10.2. The minimum Gasteiger partial charge on any atom is -0.490 e. The van der Waals surface area contributed by atoms with Crippen molar-refractivity contribution in [1.29, 1.82) is 0 Å². The molecule has 0 aliphatic rings. The van der Waals surface area contributed by atoms with Crippen molar-refractivity contribution in [3.05, 3.63) is 64.7 Å². The molecule has 0 amide bonds. The Morgan fingerprint density at radius 2 is 1.88 bits per heavy atom. The highest BCUT2D eigenvalue weighted by Gasteiger charge is 2.11. The van der Waals surface area contributed by atoms with E-state index < -0.39 is 5.82 Å². The molecule has 0 atom stereocenters. The third-order valence-corrected chi connectivity index (χ3v) is 4.70. The summed E-state index contributed by atoms with van der Waals surface area (Å²) < 4.78 is 25.7. The molecule has 3 aromatic rings. The fourth-order valence-corrected chi connectivity index (χ4v) is 3.33. The number of methoxy groups -OCH3 is 1. The van der Waals surface area contributed by atoms with Gasteiger partial charge in [-0.05, 0) is 24.3 Å². The van der Waals surface area contributed by atoms with Crippen molar-refractivity contribution in [2.24, 2.45) is 0 Å². The van der Waals surface area contributed by atoms with E-state index in [2.05, 4.69) is 4.98 Å². The zero-order valence-corrected chi connectivity index (χ0v) is 15.2. The van der Waals surface area contributed by atoms with E-state index in [1.54, 1.807) is 35.9 Å². The Labute approximate surface area is 154 Å². The second-order valence-electron chi connectivity index (χ2n) is 5.49. The fraction of sp³-hybridized carbons (Fsp3) is 0.263. The van der Waals surface area contributed by atoms with Gasteiger partial charge >= 0.3 is 0 Å². The second kappa shape index (κ2) is 8.82. The number of hydrogen-bond donors (Lipinski definition) is 0. The van der Waals surface area contributed by atoms with Crippen molar-refractivity contribution >= 4 is 22.7 Å². The number of fused-ring (bicyclic) bond motifs is 1. The largest absolute Gasteiger partial charge is 0.490 e. The highest BCUT2D eigenvalue weighted by atomic mass is 32.2. The number of thioether (sulfide) groups is 1. The normalized spacial score (nSPS) is 11.0. The summed E-state index contributed by atoms with van der Waals surface area (Å²) in [4.78, 5) is 17.3. The third-order valence-electron chi connectivity index (χ3n) is 3.75. The summed E-state index contributed by atoms with van der Waals surface area (Å²) in [6.45, 7) is 1.14. The van der Waals surface area contributed by atoms with Gasteiger partial charge in [-0.15, -0.1) is 0 Å². The molecule has 26 heavy (non-hydrogen) atoms. The van der Waals surface area contributed by atoms with Crippen LogP contribution in [0.1, 0.15) is 0 Å². The molecule has 0 aliphatic carbocycles. The van der Waals surface area contributed by atoms with E-state index in [1.807, 2.05) is 18.2 Å². The number of nitrogens with zero attached hydrogens (tertiary/aromatic N) is 2. The van der Waals surface area contributed by atoms with Gasteiger partial charge in [0.2, 0.25) is 0 Å². The van der Waals surface area contributed by atoms with Gasteiger partial charge in [-0.25, -0.2) is 9.37 Å². The molecule has 0 bridgehead atoms. The average molecular weight is 374 g/mol. The van der Waals surface area contributed by atoms with Gasteiger partial charge in [-0.2, -0.15) is 0 Å². The van der Waals surface area contributed by atoms with Crippen LogP contribution in [0.4, 0.5) is 4.39 Å². The van der Waals surface area contributed by atoms with Gasteiger partial charge < -0.3 is 9.47 Å². The Bertz CT molecular complexity index is 945. The summed E-state index contributed by atoms with van der Waals surface area (Å²) in [5.41, 5.74) is 0.564. The highest BCUT2D eigenvalue weighted by Crippen LogP contribution is 2.19. The Hall–Kier alpha value is -2.38. The molecule has 3 rings (SSSR count). The van der Waals surface area contributed by atoms with Gasteiger partial charge in [-0.1, -0.05) is 36.0 Å². The standard InChI is InChI=1S/C19H19FN2O3S/c1-24-11-10-22-18(23)14-6-2-4-8-16(14)21-19(22)26-13-12-25-17-9-5-3-7-15(17)20/h2-9H,10-13H2,1H3. The predicted octanol–water partition coefficient (Wildman–Crippen LogP) is 3.35. The van der Waals surface area contributed by atoms with Crippen molar-refractivity contribution in [2.75, 3.05) is 26.1 Å². The number of para-hydroxylation sites is 2. The Morgan fingerprint density at radius 3 is 2.69 bits per heavy atom. The number of rotatable bonds is 8. The lowest BCUT2D eigenvalue weighted by Crippen LogP contribution is -2.25. The van der Waals surface area contributed by atoms with Gasteiger partial charge in [0.15, 0.2) is 16.7 Å². The molecule has 0 saturated carbocycles. The maximum absolute atomic E-state index is 13.6. The van der Waals surface area contributed by atoms with Crippen molar-refractivity contribution in [3.8, 4) is 5.75 Å². The van der Waals surface area contributed by atoms with E-state index >= 15 is 0 Å². The lowest BCUT2D eigenvalue weighted by molar-refractivity contribution is 0.183. The van der Waals surface area contributed by atoms with E-state index in [1.165, 1.54) is 17.8 Å². The van der Waals surface area contributed by atoms with Gasteiger partial charge in [-0.3, -0.25) is 9.36 Å². The molecule has 0 saturated heterocycles. The molecule has 0 N–H and O–H groups in total. The monoisotopic (exact) mass is 374 g/mol. The van der Waals surface area contributed by atoms with Crippen LogP contribution in [0.5, 0.6) is 5.75 Å². The molecule has 0 fully saturated rings. The number of hydrogen-bond acceptors (Lipinski definition) is 5. The minimum absolute atomic E-state index is 0.0924. The minimum atomic E-state index is -0.390. The summed E-state index contributed by atoms with van der Waals surface area (Å²) in [7, 11) is 1.59. The first-order chi connectivity index (χ1) is 12.7. The van der Waals surface area contributed by atoms with Crippen molar-refractivity contribution in [2.45, 2.75) is 11.7 Å². The number of benzene rings is 2. The second-order valence-corrected chi connectivity index (χ2v) is 6.55. The maximum atomic E-state index is 13.6. The van der Waals surface area contributed by atoms with Crippen molar-refractivity contribution in [3.63, 3.8) is 0 Å². The molecule has 0 unspecified atom stereocenters. The van der Waals surface area contributed by atoms with Crippen LogP contribution in [-0.4, -0.2) is 35.6 Å². The molecule has 0 aliphatic heterocycles. The predicted molar refractivity (Wildman–Crippen MR) is 100 cm³/mol. The van der Waals surface area contributed by atoms with E-state index in [0.29, 0.717) is 41.6 Å². The Kier molecular flexibility index (Phi) is 6.25. The number of aromatic nitrogens is 2. The van der Waals surface area contributed by atoms with E-state index in [4.69, 9.17) is 9.47 Å². The van der Waals surface area contributed by atoms with Gasteiger partial charge in [0, 0.05) is 12.9 Å². The van der Waals surface area contributed by atoms with Crippen LogP contribution in [0, 0.1) is 5.82 Å². The van der Waals surface area contributed by atoms with Crippen molar-refractivity contribution < 1.29 is 13.9 Å². The molecule has 1 heterocycles. The van der Waals surface area contributed by atoms with Gasteiger partial charge in [0.25, 0.3) is 5.56 Å². The first-order valence-electron chi connectivity index (χ1n) is 8.19. The van der Waals surface area contributed by atoms with Crippen LogP contribution >= 0.6 is 11.8 Å². The smallest absolute Gasteiger partial charge is 0.262 e. The number of halogens is 1. The maximum Gasteiger partial charge on any atom is 0.262 e. The molecular weight excluding hydrogens is 355 g/mol. The van der Waals surface area contributed by atoms with E-state index in [-0.39, 0.29) is 11.3 Å². The SMILES string of the molecule is COCCn1c(SCCOc2ccccc2F)nc2ccccc2c1=O. The number of ether oxygens (including phenoxy) is 2. The average Bonchev–Trinajstić information content (AvgIpc) is 2.66. The topological polar surface area (TPSA) is 53.4 Å². The van der Waals surface area contributed by atoms with Crippen LogP contribution in [0.2, 0.25) is 0 Å². The molecule has 5 nitrogen and oxygen atoms in total. The van der Waals surface area contributed by atoms with Crippen LogP contribution in [0.15, 0.2) is 58.5 Å². The third kappa shape index (κ3) is 4.23. The van der Waals surface area contributed by atoms with Gasteiger partial charge in [0.05, 0.1) is 30.7 Å². The molecule has 0 radical (unpaired) electrons. The zero-order chi connectivity index (χ0) is 18.4. The summed E-state index contributed by atoms with van der Waals surface area (Å²) in [6.07, 6.45) is 0. The van der Waals surface area contributed by atoms with Crippen LogP contribution < -0.4 is 10.3 Å².